The average Bonchev–Trinajstić information content (AvgIpc) is 2.65. The molecule has 0 atom stereocenters. The molecule has 0 radical (unpaired) electrons. The summed E-state index contributed by atoms with van der Waals surface area (Å²) in [5.41, 5.74) is 0.950. The van der Waals surface area contributed by atoms with E-state index in [1.807, 2.05) is 0 Å². The van der Waals surface area contributed by atoms with Gasteiger partial charge in [-0.3, -0.25) is 4.79 Å². The summed E-state index contributed by atoms with van der Waals surface area (Å²) in [6.07, 6.45) is -0.161. The van der Waals surface area contributed by atoms with Crippen LogP contribution in [-0.2, 0) is 16.0 Å². The largest absolute Gasteiger partial charge is 0.469 e. The van der Waals surface area contributed by atoms with Crippen LogP contribution in [0, 0.1) is 6.92 Å². The summed E-state index contributed by atoms with van der Waals surface area (Å²) < 4.78 is 15.2. The number of carbonyl (C=O) groups is 2. The number of aryl methyl sites for hydroxylation is 1. The van der Waals surface area contributed by atoms with Gasteiger partial charge in [-0.25, -0.2) is 9.59 Å². The molecule has 2 aromatic carbocycles. The van der Waals surface area contributed by atoms with Crippen LogP contribution in [0.25, 0.3) is 11.0 Å². The maximum Gasteiger partial charge on any atom is 0.343 e. The fourth-order valence-corrected chi connectivity index (χ4v) is 2.60. The lowest BCUT2D eigenvalue weighted by atomic mass is 10.0. The first kappa shape index (κ1) is 17.4. The Balaban J connectivity index is 1.94. The molecule has 6 heteroatoms. The SMILES string of the molecule is COC(=O)Cc1c(C)c2ccc(OC(=O)c3ccccc3)cc2oc1=O. The highest BCUT2D eigenvalue weighted by atomic mass is 16.5. The molecule has 0 bridgehead atoms. The number of hydrogen-bond donors (Lipinski definition) is 0. The smallest absolute Gasteiger partial charge is 0.343 e. The van der Waals surface area contributed by atoms with Crippen molar-refractivity contribution < 1.29 is 23.5 Å². The van der Waals surface area contributed by atoms with E-state index in [0.717, 1.165) is 0 Å². The third-order valence-corrected chi connectivity index (χ3v) is 4.03. The van der Waals surface area contributed by atoms with Gasteiger partial charge in [-0.2, -0.15) is 0 Å². The fourth-order valence-electron chi connectivity index (χ4n) is 2.60. The Morgan fingerprint density at radius 2 is 1.81 bits per heavy atom. The topological polar surface area (TPSA) is 82.8 Å². The van der Waals surface area contributed by atoms with Crippen LogP contribution in [0.3, 0.4) is 0 Å². The molecule has 0 amide bonds. The van der Waals surface area contributed by atoms with Crippen molar-refractivity contribution in [2.75, 3.05) is 7.11 Å². The third-order valence-electron chi connectivity index (χ3n) is 4.03. The molecule has 0 N–H and O–H groups in total. The molecule has 0 fully saturated rings. The van der Waals surface area contributed by atoms with E-state index >= 15 is 0 Å². The van der Waals surface area contributed by atoms with Crippen molar-refractivity contribution in [1.82, 2.24) is 0 Å². The van der Waals surface area contributed by atoms with Crippen LogP contribution in [0.15, 0.2) is 57.7 Å². The van der Waals surface area contributed by atoms with Gasteiger partial charge in [0.2, 0.25) is 0 Å². The number of hydrogen-bond acceptors (Lipinski definition) is 6. The van der Waals surface area contributed by atoms with E-state index in [1.165, 1.54) is 13.2 Å². The zero-order valence-corrected chi connectivity index (χ0v) is 14.3. The Hall–Kier alpha value is -3.41. The first-order valence-corrected chi connectivity index (χ1v) is 7.90. The van der Waals surface area contributed by atoms with Gasteiger partial charge in [0.15, 0.2) is 0 Å². The van der Waals surface area contributed by atoms with E-state index in [0.29, 0.717) is 16.5 Å². The average molecular weight is 352 g/mol. The van der Waals surface area contributed by atoms with Crippen LogP contribution in [0.1, 0.15) is 21.5 Å². The molecule has 6 nitrogen and oxygen atoms in total. The summed E-state index contributed by atoms with van der Waals surface area (Å²) in [6, 6.07) is 13.3. The van der Waals surface area contributed by atoms with E-state index in [9.17, 15) is 14.4 Å². The van der Waals surface area contributed by atoms with Gasteiger partial charge >= 0.3 is 17.6 Å². The minimum absolute atomic E-state index is 0.161. The zero-order valence-electron chi connectivity index (χ0n) is 14.3. The van der Waals surface area contributed by atoms with Crippen molar-refractivity contribution >= 4 is 22.9 Å². The molecule has 0 saturated carbocycles. The van der Waals surface area contributed by atoms with Crippen LogP contribution in [0.2, 0.25) is 0 Å². The monoisotopic (exact) mass is 352 g/mol. The second kappa shape index (κ2) is 7.23. The second-order valence-electron chi connectivity index (χ2n) is 5.66. The van der Waals surface area contributed by atoms with Crippen LogP contribution in [0.4, 0.5) is 0 Å². The van der Waals surface area contributed by atoms with E-state index < -0.39 is 17.6 Å². The van der Waals surface area contributed by atoms with Crippen molar-refractivity contribution in [2.45, 2.75) is 13.3 Å². The maximum absolute atomic E-state index is 12.2. The Bertz CT molecular complexity index is 1030. The molecule has 26 heavy (non-hydrogen) atoms. The van der Waals surface area contributed by atoms with Crippen molar-refractivity contribution in [2.24, 2.45) is 0 Å². The molecule has 1 aromatic heterocycles. The molecule has 1 heterocycles. The Kier molecular flexibility index (Phi) is 4.84. The number of fused-ring (bicyclic) bond motifs is 1. The summed E-state index contributed by atoms with van der Waals surface area (Å²) in [6.45, 7) is 1.73. The van der Waals surface area contributed by atoms with E-state index in [1.54, 1.807) is 49.4 Å². The highest BCUT2D eigenvalue weighted by Gasteiger charge is 2.16. The van der Waals surface area contributed by atoms with E-state index in [-0.39, 0.29) is 23.3 Å². The van der Waals surface area contributed by atoms with Crippen LogP contribution in [-0.4, -0.2) is 19.0 Å². The van der Waals surface area contributed by atoms with Crippen molar-refractivity contribution in [3.8, 4) is 5.75 Å². The lowest BCUT2D eigenvalue weighted by Crippen LogP contribution is -2.16. The van der Waals surface area contributed by atoms with Gasteiger partial charge in [0.25, 0.3) is 0 Å². The minimum atomic E-state index is -0.619. The molecule has 0 saturated heterocycles. The standard InChI is InChI=1S/C20H16O6/c1-12-15-9-8-14(25-19(22)13-6-4-3-5-7-13)10-17(15)26-20(23)16(12)11-18(21)24-2/h3-10H,11H2,1-2H3. The molecule has 3 aromatic rings. The van der Waals surface area contributed by atoms with Crippen molar-refractivity contribution in [1.29, 1.82) is 0 Å². The highest BCUT2D eigenvalue weighted by molar-refractivity contribution is 5.92. The summed E-state index contributed by atoms with van der Waals surface area (Å²) in [4.78, 5) is 35.8. The summed E-state index contributed by atoms with van der Waals surface area (Å²) in [5, 5.41) is 0.656. The van der Waals surface area contributed by atoms with Gasteiger partial charge in [-0.1, -0.05) is 18.2 Å². The molecule has 0 spiro atoms. The summed E-state index contributed by atoms with van der Waals surface area (Å²) >= 11 is 0. The molecule has 132 valence electrons. The van der Waals surface area contributed by atoms with Crippen molar-refractivity contribution in [3.05, 3.63) is 75.6 Å². The fraction of sp³-hybridized carbons (Fsp3) is 0.150. The maximum atomic E-state index is 12.2. The van der Waals surface area contributed by atoms with Gasteiger partial charge in [0.05, 0.1) is 24.7 Å². The van der Waals surface area contributed by atoms with Gasteiger partial charge in [0.1, 0.15) is 11.3 Å². The Labute approximate surface area is 149 Å². The third kappa shape index (κ3) is 3.49. The second-order valence-corrected chi connectivity index (χ2v) is 5.66. The molecular weight excluding hydrogens is 336 g/mol. The number of rotatable bonds is 4. The van der Waals surface area contributed by atoms with Crippen LogP contribution < -0.4 is 10.4 Å². The zero-order chi connectivity index (χ0) is 18.7. The number of esters is 2. The van der Waals surface area contributed by atoms with Gasteiger partial charge < -0.3 is 13.9 Å². The molecule has 3 rings (SSSR count). The predicted molar refractivity (Wildman–Crippen MR) is 94.3 cm³/mol. The normalized spacial score (nSPS) is 10.5. The number of carbonyl (C=O) groups excluding carboxylic acids is 2. The summed E-state index contributed by atoms with van der Waals surface area (Å²) in [5.74, 6) is -0.769. The van der Waals surface area contributed by atoms with Gasteiger partial charge in [0, 0.05) is 11.5 Å². The molecule has 0 unspecified atom stereocenters. The number of methoxy groups -OCH3 is 1. The molecule has 0 aliphatic heterocycles. The molecular formula is C20H16O6. The van der Waals surface area contributed by atoms with Gasteiger partial charge in [-0.05, 0) is 36.8 Å². The lowest BCUT2D eigenvalue weighted by molar-refractivity contribution is -0.139. The first-order valence-electron chi connectivity index (χ1n) is 7.90. The van der Waals surface area contributed by atoms with E-state index in [4.69, 9.17) is 9.15 Å². The predicted octanol–water partition coefficient (Wildman–Crippen LogP) is 3.04. The molecule has 0 aliphatic rings. The number of benzene rings is 2. The highest BCUT2D eigenvalue weighted by Crippen LogP contribution is 2.25. The quantitative estimate of drug-likeness (QED) is 0.408. The van der Waals surface area contributed by atoms with Crippen LogP contribution in [0.5, 0.6) is 5.75 Å². The molecule has 0 aliphatic carbocycles. The minimum Gasteiger partial charge on any atom is -0.469 e. The van der Waals surface area contributed by atoms with Gasteiger partial charge in [-0.15, -0.1) is 0 Å². The number of ether oxygens (including phenoxy) is 2. The summed E-state index contributed by atoms with van der Waals surface area (Å²) in [7, 11) is 1.26. The Morgan fingerprint density at radius 1 is 1.08 bits per heavy atom. The first-order chi connectivity index (χ1) is 12.5. The lowest BCUT2D eigenvalue weighted by Gasteiger charge is -2.09. The van der Waals surface area contributed by atoms with Crippen LogP contribution >= 0.6 is 0 Å². The Morgan fingerprint density at radius 3 is 2.50 bits per heavy atom. The van der Waals surface area contributed by atoms with Crippen molar-refractivity contribution in [3.63, 3.8) is 0 Å². The van der Waals surface area contributed by atoms with E-state index in [2.05, 4.69) is 4.74 Å².